The third-order valence-electron chi connectivity index (χ3n) is 7.50. The van der Waals surface area contributed by atoms with Crippen LogP contribution in [0.5, 0.6) is 5.75 Å². The van der Waals surface area contributed by atoms with Crippen LogP contribution in [-0.4, -0.2) is 60.4 Å². The number of carboxylic acids is 1. The second kappa shape index (κ2) is 11.8. The highest BCUT2D eigenvalue weighted by Crippen LogP contribution is 2.36. The van der Waals surface area contributed by atoms with Gasteiger partial charge >= 0.3 is 5.97 Å². The molecular weight excluding hydrogens is 505 g/mol. The van der Waals surface area contributed by atoms with Gasteiger partial charge in [0.05, 0.1) is 24.8 Å². The van der Waals surface area contributed by atoms with Crippen LogP contribution in [0.2, 0.25) is 0 Å². The molecule has 202 valence electrons. The highest BCUT2D eigenvalue weighted by Gasteiger charge is 2.32. The Kier molecular flexibility index (Phi) is 8.26. The predicted molar refractivity (Wildman–Crippen MR) is 146 cm³/mol. The van der Waals surface area contributed by atoms with Gasteiger partial charge in [0, 0.05) is 43.7 Å². The van der Waals surface area contributed by atoms with Gasteiger partial charge in [-0.2, -0.15) is 0 Å². The van der Waals surface area contributed by atoms with Crippen LogP contribution in [0.15, 0.2) is 41.8 Å². The van der Waals surface area contributed by atoms with Gasteiger partial charge < -0.3 is 19.5 Å². The van der Waals surface area contributed by atoms with E-state index in [1.165, 1.54) is 29.0 Å². The monoisotopic (exact) mass is 539 g/mol. The maximum absolute atomic E-state index is 14.3. The van der Waals surface area contributed by atoms with Crippen molar-refractivity contribution in [3.05, 3.63) is 64.3 Å². The second-order valence-electron chi connectivity index (χ2n) is 10.3. The van der Waals surface area contributed by atoms with Crippen molar-refractivity contribution >= 4 is 22.4 Å². The van der Waals surface area contributed by atoms with E-state index in [1.807, 2.05) is 12.3 Å². The standard InChI is InChI=1S/C29H34FN3O4S/c1-19-13-21(16-32-9-11-36-12-10-32)3-4-22(19)17-37-27-6-5-23(30)14-25(27)26-18-38-29(31-26)33-8-7-24(28(34)35)20(2)15-33/h3-6,13-14,18,20,24H,7-12,15-17H2,1-2H3,(H,34,35). The molecule has 9 heteroatoms. The molecule has 0 radical (unpaired) electrons. The molecule has 0 aliphatic carbocycles. The molecule has 2 aliphatic rings. The number of nitrogens with zero attached hydrogens (tertiary/aromatic N) is 3. The van der Waals surface area contributed by atoms with Crippen molar-refractivity contribution in [3.8, 4) is 17.0 Å². The molecule has 1 aromatic heterocycles. The number of benzene rings is 2. The number of ether oxygens (including phenoxy) is 2. The molecule has 1 N–H and O–H groups in total. The first-order valence-electron chi connectivity index (χ1n) is 13.1. The van der Waals surface area contributed by atoms with Gasteiger partial charge in [-0.1, -0.05) is 25.1 Å². The fourth-order valence-corrected chi connectivity index (χ4v) is 6.10. The lowest BCUT2D eigenvalue weighted by molar-refractivity contribution is -0.144. The van der Waals surface area contributed by atoms with Crippen LogP contribution in [0.3, 0.4) is 0 Å². The zero-order valence-corrected chi connectivity index (χ0v) is 22.7. The van der Waals surface area contributed by atoms with Crippen molar-refractivity contribution in [2.24, 2.45) is 11.8 Å². The number of carbonyl (C=O) groups is 1. The number of aliphatic carboxylic acids is 1. The summed E-state index contributed by atoms with van der Waals surface area (Å²) in [6.07, 6.45) is 0.588. The molecule has 2 fully saturated rings. The fourth-order valence-electron chi connectivity index (χ4n) is 5.24. The van der Waals surface area contributed by atoms with Crippen molar-refractivity contribution in [2.75, 3.05) is 44.3 Å². The summed E-state index contributed by atoms with van der Waals surface area (Å²) < 4.78 is 25.9. The van der Waals surface area contributed by atoms with Crippen molar-refractivity contribution in [3.63, 3.8) is 0 Å². The molecule has 0 amide bonds. The number of aryl methyl sites for hydroxylation is 1. The summed E-state index contributed by atoms with van der Waals surface area (Å²) in [5.41, 5.74) is 4.79. The predicted octanol–water partition coefficient (Wildman–Crippen LogP) is 5.22. The van der Waals surface area contributed by atoms with E-state index in [4.69, 9.17) is 14.5 Å². The summed E-state index contributed by atoms with van der Waals surface area (Å²) in [4.78, 5) is 20.8. The van der Waals surface area contributed by atoms with E-state index in [-0.39, 0.29) is 17.7 Å². The minimum atomic E-state index is -0.736. The first kappa shape index (κ1) is 26.6. The first-order chi connectivity index (χ1) is 18.4. The summed E-state index contributed by atoms with van der Waals surface area (Å²) in [7, 11) is 0. The lowest BCUT2D eigenvalue weighted by Crippen LogP contribution is -2.42. The Morgan fingerprint density at radius 3 is 2.76 bits per heavy atom. The molecular formula is C29H34FN3O4S. The van der Waals surface area contributed by atoms with Crippen LogP contribution in [0.4, 0.5) is 9.52 Å². The number of carboxylic acid groups (broad SMARTS) is 1. The molecule has 2 aliphatic heterocycles. The molecule has 3 heterocycles. The highest BCUT2D eigenvalue weighted by atomic mass is 32.1. The fraction of sp³-hybridized carbons (Fsp3) is 0.448. The molecule has 5 rings (SSSR count). The lowest BCUT2D eigenvalue weighted by Gasteiger charge is -2.34. The molecule has 7 nitrogen and oxygen atoms in total. The van der Waals surface area contributed by atoms with Gasteiger partial charge in [0.2, 0.25) is 0 Å². The average molecular weight is 540 g/mol. The van der Waals surface area contributed by atoms with Gasteiger partial charge in [-0.25, -0.2) is 9.37 Å². The van der Waals surface area contributed by atoms with Crippen molar-refractivity contribution < 1.29 is 23.8 Å². The molecule has 2 aromatic carbocycles. The molecule has 38 heavy (non-hydrogen) atoms. The number of hydrogen-bond acceptors (Lipinski definition) is 7. The minimum absolute atomic E-state index is 0.0326. The molecule has 2 saturated heterocycles. The number of piperidine rings is 1. The van der Waals surface area contributed by atoms with E-state index in [9.17, 15) is 14.3 Å². The van der Waals surface area contributed by atoms with Crippen LogP contribution in [-0.2, 0) is 22.7 Å². The molecule has 0 spiro atoms. The van der Waals surface area contributed by atoms with Gasteiger partial charge in [0.15, 0.2) is 5.13 Å². The summed E-state index contributed by atoms with van der Waals surface area (Å²) in [5, 5.41) is 12.1. The molecule has 0 saturated carbocycles. The number of rotatable bonds is 8. The quantitative estimate of drug-likeness (QED) is 0.421. The van der Waals surface area contributed by atoms with Gasteiger partial charge in [-0.15, -0.1) is 11.3 Å². The van der Waals surface area contributed by atoms with Crippen LogP contribution >= 0.6 is 11.3 Å². The topological polar surface area (TPSA) is 75.1 Å². The number of morpholine rings is 1. The summed E-state index contributed by atoms with van der Waals surface area (Å²) in [6, 6.07) is 11.0. The van der Waals surface area contributed by atoms with Gasteiger partial charge in [-0.3, -0.25) is 9.69 Å². The third kappa shape index (κ3) is 6.17. The molecule has 3 aromatic rings. The Morgan fingerprint density at radius 2 is 2.03 bits per heavy atom. The van der Waals surface area contributed by atoms with E-state index in [1.54, 1.807) is 6.07 Å². The number of anilines is 1. The molecule has 2 unspecified atom stereocenters. The molecule has 2 atom stereocenters. The average Bonchev–Trinajstić information content (AvgIpc) is 3.39. The maximum Gasteiger partial charge on any atom is 0.306 e. The van der Waals surface area contributed by atoms with Crippen LogP contribution in [0, 0.1) is 24.6 Å². The van der Waals surface area contributed by atoms with Gasteiger partial charge in [0.25, 0.3) is 0 Å². The van der Waals surface area contributed by atoms with Gasteiger partial charge in [0.1, 0.15) is 18.2 Å². The van der Waals surface area contributed by atoms with E-state index in [2.05, 4.69) is 34.9 Å². The summed E-state index contributed by atoms with van der Waals surface area (Å²) in [6.45, 7) is 10.1. The van der Waals surface area contributed by atoms with Crippen LogP contribution < -0.4 is 9.64 Å². The Hall–Kier alpha value is -3.01. The van der Waals surface area contributed by atoms with Crippen molar-refractivity contribution in [1.82, 2.24) is 9.88 Å². The first-order valence-corrected chi connectivity index (χ1v) is 14.0. The Balaban J connectivity index is 1.27. The maximum atomic E-state index is 14.3. The Morgan fingerprint density at radius 1 is 1.21 bits per heavy atom. The van der Waals surface area contributed by atoms with Gasteiger partial charge in [-0.05, 0) is 54.2 Å². The van der Waals surface area contributed by atoms with Crippen molar-refractivity contribution in [2.45, 2.75) is 33.4 Å². The summed E-state index contributed by atoms with van der Waals surface area (Å²) >= 11 is 1.49. The highest BCUT2D eigenvalue weighted by molar-refractivity contribution is 7.14. The SMILES string of the molecule is Cc1cc(CN2CCOCC2)ccc1COc1ccc(F)cc1-c1csc(N2CCC(C(=O)O)C(C)C2)n1. The number of hydrogen-bond donors (Lipinski definition) is 1. The largest absolute Gasteiger partial charge is 0.488 e. The zero-order chi connectivity index (χ0) is 26.6. The van der Waals surface area contributed by atoms with Crippen LogP contribution in [0.25, 0.3) is 11.3 Å². The number of halogens is 1. The second-order valence-corrected chi connectivity index (χ2v) is 11.1. The van der Waals surface area contributed by atoms with Crippen molar-refractivity contribution in [1.29, 1.82) is 0 Å². The van der Waals surface area contributed by atoms with E-state index >= 15 is 0 Å². The summed E-state index contributed by atoms with van der Waals surface area (Å²) in [5.74, 6) is -0.795. The Bertz CT molecular complexity index is 1280. The molecule has 0 bridgehead atoms. The van der Waals surface area contributed by atoms with Crippen LogP contribution in [0.1, 0.15) is 30.0 Å². The van der Waals surface area contributed by atoms with E-state index < -0.39 is 5.97 Å². The number of thiazole rings is 1. The van der Waals surface area contributed by atoms with E-state index in [0.29, 0.717) is 43.1 Å². The minimum Gasteiger partial charge on any atom is -0.488 e. The van der Waals surface area contributed by atoms with E-state index in [0.717, 1.165) is 49.1 Å². The Labute approximate surface area is 226 Å². The normalized spacial score (nSPS) is 20.4. The smallest absolute Gasteiger partial charge is 0.306 e. The lowest BCUT2D eigenvalue weighted by atomic mass is 9.87. The number of aromatic nitrogens is 1. The third-order valence-corrected chi connectivity index (χ3v) is 8.40. The zero-order valence-electron chi connectivity index (χ0n) is 21.9.